The topological polar surface area (TPSA) is 25.8 Å². The maximum absolute atomic E-state index is 5.46. The first-order valence-corrected chi connectivity index (χ1v) is 22.5. The lowest BCUT2D eigenvalue weighted by atomic mass is 9.90. The first-order chi connectivity index (χ1) is 30.7. The number of benzene rings is 9. The van der Waals surface area contributed by atoms with Gasteiger partial charge in [-0.3, -0.25) is 0 Å². The summed E-state index contributed by atoms with van der Waals surface area (Å²) < 4.78 is 3.84. The molecule has 0 N–H and O–H groups in total. The van der Waals surface area contributed by atoms with E-state index in [1.54, 1.807) is 11.3 Å². The standard InChI is InChI=1S/C58H36N2S2/c1-4-15-37(16-5-1)42-31-43(38-17-6-2-7-18-38)33-45(32-42)46-34-44(39-27-29-40(30-28-39)48-23-14-24-50-49-21-10-12-25-52(49)61-56(48)50)35-47(36-46)57-59-55(41-19-8-3-9-20-41)54-51-22-11-13-26-53(51)62-58(54)60-57/h1-36H. The van der Waals surface area contributed by atoms with E-state index in [4.69, 9.17) is 9.97 Å². The fraction of sp³-hybridized carbons (Fsp3) is 0. The molecule has 0 spiro atoms. The number of nitrogens with zero attached hydrogens (tertiary/aromatic N) is 2. The van der Waals surface area contributed by atoms with Crippen molar-refractivity contribution in [3.63, 3.8) is 0 Å². The van der Waals surface area contributed by atoms with Crippen LogP contribution in [0.15, 0.2) is 218 Å². The summed E-state index contributed by atoms with van der Waals surface area (Å²) >= 11 is 3.60. The maximum atomic E-state index is 5.46. The van der Waals surface area contributed by atoms with Gasteiger partial charge in [0.25, 0.3) is 0 Å². The third kappa shape index (κ3) is 6.49. The SMILES string of the molecule is c1ccc(-c2cc(-c3ccccc3)cc(-c3cc(-c4ccc(-c5cccc6c5sc5ccccc56)cc4)cc(-c4nc(-c5ccccc5)c5c(n4)sc4ccccc45)c3)c2)cc1. The van der Waals surface area contributed by atoms with E-state index in [1.807, 2.05) is 11.3 Å². The van der Waals surface area contributed by atoms with Crippen molar-refractivity contribution in [1.29, 1.82) is 0 Å². The monoisotopic (exact) mass is 824 g/mol. The first kappa shape index (κ1) is 36.4. The molecule has 3 heterocycles. The van der Waals surface area contributed by atoms with E-state index >= 15 is 0 Å². The molecule has 0 atom stereocenters. The Morgan fingerprint density at radius 3 is 1.35 bits per heavy atom. The number of fused-ring (bicyclic) bond motifs is 6. The summed E-state index contributed by atoms with van der Waals surface area (Å²) in [4.78, 5) is 11.8. The molecule has 0 unspecified atom stereocenters. The van der Waals surface area contributed by atoms with E-state index in [0.29, 0.717) is 5.82 Å². The van der Waals surface area contributed by atoms with Gasteiger partial charge in [0.05, 0.1) is 5.69 Å². The second-order valence-electron chi connectivity index (χ2n) is 15.7. The minimum Gasteiger partial charge on any atom is -0.227 e. The molecule has 2 nitrogen and oxygen atoms in total. The molecule has 0 aliphatic rings. The van der Waals surface area contributed by atoms with Gasteiger partial charge in [-0.15, -0.1) is 22.7 Å². The minimum absolute atomic E-state index is 0.710. The second kappa shape index (κ2) is 15.2. The smallest absolute Gasteiger partial charge is 0.161 e. The van der Waals surface area contributed by atoms with Crippen molar-refractivity contribution in [3.8, 4) is 78.3 Å². The zero-order chi connectivity index (χ0) is 41.0. The maximum Gasteiger partial charge on any atom is 0.161 e. The molecule has 0 amide bonds. The van der Waals surface area contributed by atoms with Gasteiger partial charge in [0, 0.05) is 46.8 Å². The van der Waals surface area contributed by atoms with E-state index < -0.39 is 0 Å². The molecule has 12 aromatic rings. The Morgan fingerprint density at radius 1 is 0.290 bits per heavy atom. The highest BCUT2D eigenvalue weighted by molar-refractivity contribution is 7.26. The predicted octanol–water partition coefficient (Wildman–Crippen LogP) is 16.9. The van der Waals surface area contributed by atoms with E-state index in [2.05, 4.69) is 218 Å². The summed E-state index contributed by atoms with van der Waals surface area (Å²) in [6.07, 6.45) is 0. The van der Waals surface area contributed by atoms with Crippen LogP contribution in [0, 0.1) is 0 Å². The van der Waals surface area contributed by atoms with Crippen LogP contribution in [0.5, 0.6) is 0 Å². The van der Waals surface area contributed by atoms with E-state index in [0.717, 1.165) is 49.3 Å². The summed E-state index contributed by atoms with van der Waals surface area (Å²) in [5.74, 6) is 0.710. The number of rotatable bonds is 7. The van der Waals surface area contributed by atoms with E-state index in [-0.39, 0.29) is 0 Å². The Kier molecular flexibility index (Phi) is 8.91. The van der Waals surface area contributed by atoms with Gasteiger partial charge in [-0.1, -0.05) is 170 Å². The number of hydrogen-bond acceptors (Lipinski definition) is 4. The van der Waals surface area contributed by atoms with Crippen molar-refractivity contribution < 1.29 is 0 Å². The lowest BCUT2D eigenvalue weighted by molar-refractivity contribution is 1.24. The van der Waals surface area contributed by atoms with Crippen molar-refractivity contribution in [2.45, 2.75) is 0 Å². The lowest BCUT2D eigenvalue weighted by Gasteiger charge is -2.15. The molecular formula is C58H36N2S2. The molecule has 0 aliphatic carbocycles. The van der Waals surface area contributed by atoms with Crippen molar-refractivity contribution in [2.75, 3.05) is 0 Å². The zero-order valence-electron chi connectivity index (χ0n) is 33.5. The van der Waals surface area contributed by atoms with Gasteiger partial charge in [-0.05, 0) is 104 Å². The van der Waals surface area contributed by atoms with Crippen LogP contribution >= 0.6 is 22.7 Å². The molecule has 0 saturated carbocycles. The Bertz CT molecular complexity index is 3550. The molecule has 0 bridgehead atoms. The van der Waals surface area contributed by atoms with Gasteiger partial charge in [0.1, 0.15) is 4.83 Å². The van der Waals surface area contributed by atoms with Crippen LogP contribution in [-0.4, -0.2) is 9.97 Å². The second-order valence-corrected chi connectivity index (χ2v) is 17.8. The van der Waals surface area contributed by atoms with Gasteiger partial charge in [0.15, 0.2) is 5.82 Å². The molecule has 0 fully saturated rings. The molecule has 12 rings (SSSR count). The summed E-state index contributed by atoms with van der Waals surface area (Å²) in [5, 5.41) is 4.91. The van der Waals surface area contributed by atoms with Gasteiger partial charge >= 0.3 is 0 Å². The molecule has 9 aromatic carbocycles. The minimum atomic E-state index is 0.710. The third-order valence-corrected chi connectivity index (χ3v) is 14.2. The van der Waals surface area contributed by atoms with Crippen molar-refractivity contribution >= 4 is 63.1 Å². The molecule has 0 saturated heterocycles. The van der Waals surface area contributed by atoms with Crippen LogP contribution in [0.2, 0.25) is 0 Å². The van der Waals surface area contributed by atoms with Crippen LogP contribution in [0.3, 0.4) is 0 Å². The average Bonchev–Trinajstić information content (AvgIpc) is 3.93. The van der Waals surface area contributed by atoms with Gasteiger partial charge in [-0.2, -0.15) is 0 Å². The van der Waals surface area contributed by atoms with Crippen molar-refractivity contribution in [1.82, 2.24) is 9.97 Å². The summed E-state index contributed by atoms with van der Waals surface area (Å²) in [7, 11) is 0. The number of thiophene rings is 2. The van der Waals surface area contributed by atoms with Crippen molar-refractivity contribution in [3.05, 3.63) is 218 Å². The highest BCUT2D eigenvalue weighted by Gasteiger charge is 2.19. The fourth-order valence-corrected chi connectivity index (χ4v) is 11.2. The quantitative estimate of drug-likeness (QED) is 0.160. The molecule has 62 heavy (non-hydrogen) atoms. The summed E-state index contributed by atoms with van der Waals surface area (Å²) in [5.41, 5.74) is 14.6. The molecule has 3 aromatic heterocycles. The molecule has 290 valence electrons. The molecule has 0 radical (unpaired) electrons. The average molecular weight is 825 g/mol. The number of hydrogen-bond donors (Lipinski definition) is 0. The Morgan fingerprint density at radius 2 is 0.742 bits per heavy atom. The Balaban J connectivity index is 1.07. The highest BCUT2D eigenvalue weighted by atomic mass is 32.1. The third-order valence-electron chi connectivity index (χ3n) is 11.9. The first-order valence-electron chi connectivity index (χ1n) is 20.9. The Hall–Kier alpha value is -7.50. The van der Waals surface area contributed by atoms with Crippen molar-refractivity contribution in [2.24, 2.45) is 0 Å². The van der Waals surface area contributed by atoms with Crippen LogP contribution in [0.25, 0.3) is 119 Å². The van der Waals surface area contributed by atoms with Gasteiger partial charge in [-0.25, -0.2) is 9.97 Å². The van der Waals surface area contributed by atoms with Crippen LogP contribution < -0.4 is 0 Å². The van der Waals surface area contributed by atoms with Gasteiger partial charge < -0.3 is 0 Å². The molecule has 4 heteroatoms. The number of aromatic nitrogens is 2. The van der Waals surface area contributed by atoms with E-state index in [9.17, 15) is 0 Å². The largest absolute Gasteiger partial charge is 0.227 e. The summed E-state index contributed by atoms with van der Waals surface area (Å²) in [6.45, 7) is 0. The molecule has 0 aliphatic heterocycles. The normalized spacial score (nSPS) is 11.5. The van der Waals surface area contributed by atoms with Crippen LogP contribution in [0.1, 0.15) is 0 Å². The fourth-order valence-electron chi connectivity index (χ4n) is 8.85. The molecular weight excluding hydrogens is 789 g/mol. The lowest BCUT2D eigenvalue weighted by Crippen LogP contribution is -1.95. The predicted molar refractivity (Wildman–Crippen MR) is 266 cm³/mol. The highest BCUT2D eigenvalue weighted by Crippen LogP contribution is 2.43. The van der Waals surface area contributed by atoms with Crippen LogP contribution in [-0.2, 0) is 0 Å². The summed E-state index contributed by atoms with van der Waals surface area (Å²) in [6, 6.07) is 78.8. The van der Waals surface area contributed by atoms with E-state index in [1.165, 1.54) is 63.6 Å². The van der Waals surface area contributed by atoms with Gasteiger partial charge in [0.2, 0.25) is 0 Å². The van der Waals surface area contributed by atoms with Crippen LogP contribution in [0.4, 0.5) is 0 Å². The Labute approximate surface area is 367 Å². The zero-order valence-corrected chi connectivity index (χ0v) is 35.1.